The Labute approximate surface area is 147 Å². The number of rotatable bonds is 4. The predicted octanol–water partition coefficient (Wildman–Crippen LogP) is 3.74. The van der Waals surface area contributed by atoms with Crippen molar-refractivity contribution in [1.29, 1.82) is 0 Å². The number of nitrogens with zero attached hydrogens (tertiary/aromatic N) is 2. The number of carbonyl (C=O) groups is 1. The number of benzene rings is 1. The van der Waals surface area contributed by atoms with Crippen LogP contribution in [-0.2, 0) is 0 Å². The maximum absolute atomic E-state index is 12.5. The van der Waals surface area contributed by atoms with E-state index in [2.05, 4.69) is 24.3 Å². The molecule has 1 N–H and O–H groups in total. The van der Waals surface area contributed by atoms with Crippen LogP contribution in [0.2, 0.25) is 5.02 Å². The summed E-state index contributed by atoms with van der Waals surface area (Å²) in [6, 6.07) is 7.24. The van der Waals surface area contributed by atoms with E-state index in [1.165, 1.54) is 0 Å². The highest BCUT2D eigenvalue weighted by atomic mass is 35.5. The second kappa shape index (κ2) is 7.03. The Morgan fingerprint density at radius 3 is 3.00 bits per heavy atom. The van der Waals surface area contributed by atoms with Crippen molar-refractivity contribution in [1.82, 2.24) is 15.1 Å². The molecule has 2 aromatic rings. The van der Waals surface area contributed by atoms with Gasteiger partial charge in [-0.15, -0.1) is 0 Å². The van der Waals surface area contributed by atoms with Gasteiger partial charge in [-0.25, -0.2) is 4.79 Å². The predicted molar refractivity (Wildman–Crippen MR) is 96.4 cm³/mol. The number of furan rings is 1. The molecule has 1 aromatic heterocycles. The molecule has 1 aromatic carbocycles. The molecule has 2 unspecified atom stereocenters. The molecule has 1 aliphatic heterocycles. The van der Waals surface area contributed by atoms with E-state index in [9.17, 15) is 4.79 Å². The number of halogens is 1. The molecule has 24 heavy (non-hydrogen) atoms. The van der Waals surface area contributed by atoms with Gasteiger partial charge in [0.2, 0.25) is 0 Å². The van der Waals surface area contributed by atoms with E-state index in [1.54, 1.807) is 6.07 Å². The summed E-state index contributed by atoms with van der Waals surface area (Å²) >= 11 is 6.01. The molecule has 5 nitrogen and oxygen atoms in total. The summed E-state index contributed by atoms with van der Waals surface area (Å²) in [5.41, 5.74) is 0.780. The zero-order chi connectivity index (χ0) is 17.3. The molecular weight excluding hydrogens is 326 g/mol. The number of urea groups is 1. The van der Waals surface area contributed by atoms with Crippen LogP contribution < -0.4 is 5.32 Å². The van der Waals surface area contributed by atoms with Crippen LogP contribution in [0.15, 0.2) is 28.7 Å². The minimum atomic E-state index is -0.184. The molecule has 0 aliphatic carbocycles. The highest BCUT2D eigenvalue weighted by Crippen LogP contribution is 2.26. The second-order valence-electron chi connectivity index (χ2n) is 6.87. The zero-order valence-corrected chi connectivity index (χ0v) is 15.1. The van der Waals surface area contributed by atoms with Crippen molar-refractivity contribution < 1.29 is 9.21 Å². The van der Waals surface area contributed by atoms with Gasteiger partial charge in [0.15, 0.2) is 0 Å². The molecule has 3 rings (SSSR count). The summed E-state index contributed by atoms with van der Waals surface area (Å²) in [4.78, 5) is 16.5. The molecule has 0 bridgehead atoms. The molecule has 1 fully saturated rings. The standard InChI is InChI=1S/C18H24ClN3O2/c1-12(17-9-14-8-15(19)4-5-16(14)24-17)20-18(23)22-7-6-13(11-22)10-21(2)3/h4-5,8-9,12-13H,6-7,10-11H2,1-3H3,(H,20,23). The van der Waals surface area contributed by atoms with Gasteiger partial charge in [-0.2, -0.15) is 0 Å². The Hall–Kier alpha value is -1.72. The fourth-order valence-electron chi connectivity index (χ4n) is 3.28. The van der Waals surface area contributed by atoms with E-state index in [1.807, 2.05) is 30.0 Å². The molecule has 0 radical (unpaired) electrons. The van der Waals surface area contributed by atoms with Gasteiger partial charge >= 0.3 is 6.03 Å². The van der Waals surface area contributed by atoms with Crippen molar-refractivity contribution in [3.05, 3.63) is 35.0 Å². The average Bonchev–Trinajstić information content (AvgIpc) is 3.12. The van der Waals surface area contributed by atoms with Crippen molar-refractivity contribution >= 4 is 28.6 Å². The zero-order valence-electron chi connectivity index (χ0n) is 14.4. The first kappa shape index (κ1) is 17.1. The summed E-state index contributed by atoms with van der Waals surface area (Å²) in [5.74, 6) is 1.29. The van der Waals surface area contributed by atoms with Gasteiger partial charge < -0.3 is 19.5 Å². The SMILES string of the molecule is CC(NC(=O)N1CCC(CN(C)C)C1)c1cc2cc(Cl)ccc2o1. The first-order valence-corrected chi connectivity index (χ1v) is 8.69. The van der Waals surface area contributed by atoms with Gasteiger partial charge in [0.05, 0.1) is 6.04 Å². The molecule has 1 aliphatic rings. The minimum absolute atomic E-state index is 0.0257. The molecule has 2 atom stereocenters. The first-order valence-electron chi connectivity index (χ1n) is 8.31. The van der Waals surface area contributed by atoms with Gasteiger partial charge in [0.1, 0.15) is 11.3 Å². The summed E-state index contributed by atoms with van der Waals surface area (Å²) in [6.45, 7) is 4.58. The topological polar surface area (TPSA) is 48.7 Å². The monoisotopic (exact) mass is 349 g/mol. The third kappa shape index (κ3) is 3.84. The average molecular weight is 350 g/mol. The molecule has 6 heteroatoms. The van der Waals surface area contributed by atoms with Gasteiger partial charge in [-0.05, 0) is 57.6 Å². The van der Waals surface area contributed by atoms with Crippen LogP contribution in [-0.4, -0.2) is 49.6 Å². The van der Waals surface area contributed by atoms with Crippen LogP contribution in [0, 0.1) is 5.92 Å². The maximum Gasteiger partial charge on any atom is 0.317 e. The largest absolute Gasteiger partial charge is 0.459 e. The number of nitrogens with one attached hydrogen (secondary N) is 1. The lowest BCUT2D eigenvalue weighted by Crippen LogP contribution is -2.40. The van der Waals surface area contributed by atoms with E-state index < -0.39 is 0 Å². The van der Waals surface area contributed by atoms with Crippen LogP contribution in [0.5, 0.6) is 0 Å². The summed E-state index contributed by atoms with van der Waals surface area (Å²) < 4.78 is 5.82. The summed E-state index contributed by atoms with van der Waals surface area (Å²) in [7, 11) is 4.14. The molecular formula is C18H24ClN3O2. The normalized spacial score (nSPS) is 19.2. The molecule has 0 spiro atoms. The molecule has 2 heterocycles. The van der Waals surface area contributed by atoms with E-state index >= 15 is 0 Å². The third-order valence-corrected chi connectivity index (χ3v) is 4.70. The highest BCUT2D eigenvalue weighted by molar-refractivity contribution is 6.31. The summed E-state index contributed by atoms with van der Waals surface area (Å²) in [5, 5.41) is 4.66. The Balaban J connectivity index is 1.61. The Morgan fingerprint density at radius 2 is 2.25 bits per heavy atom. The number of likely N-dealkylation sites (tertiary alicyclic amines) is 1. The fourth-order valence-corrected chi connectivity index (χ4v) is 3.46. The van der Waals surface area contributed by atoms with E-state index in [0.29, 0.717) is 10.9 Å². The lowest BCUT2D eigenvalue weighted by atomic mass is 10.1. The fraction of sp³-hybridized carbons (Fsp3) is 0.500. The van der Waals surface area contributed by atoms with Crippen molar-refractivity contribution in [2.24, 2.45) is 5.92 Å². The number of hydrogen-bond acceptors (Lipinski definition) is 3. The highest BCUT2D eigenvalue weighted by Gasteiger charge is 2.27. The van der Waals surface area contributed by atoms with Gasteiger partial charge in [0, 0.05) is 30.0 Å². The van der Waals surface area contributed by atoms with E-state index in [-0.39, 0.29) is 12.1 Å². The molecule has 0 saturated carbocycles. The van der Waals surface area contributed by atoms with Crippen LogP contribution in [0.4, 0.5) is 4.79 Å². The van der Waals surface area contributed by atoms with Crippen molar-refractivity contribution in [3.8, 4) is 0 Å². The Morgan fingerprint density at radius 1 is 1.46 bits per heavy atom. The first-order chi connectivity index (χ1) is 11.4. The van der Waals surface area contributed by atoms with Crippen molar-refractivity contribution in [2.45, 2.75) is 19.4 Å². The Bertz CT molecular complexity index is 728. The van der Waals surface area contributed by atoms with Gasteiger partial charge in [-0.3, -0.25) is 0 Å². The molecule has 130 valence electrons. The lowest BCUT2D eigenvalue weighted by molar-refractivity contribution is 0.200. The van der Waals surface area contributed by atoms with Gasteiger partial charge in [-0.1, -0.05) is 11.6 Å². The van der Waals surface area contributed by atoms with Crippen LogP contribution in [0.25, 0.3) is 11.0 Å². The lowest BCUT2D eigenvalue weighted by Gasteiger charge is -2.21. The number of fused-ring (bicyclic) bond motifs is 1. The molecule has 1 saturated heterocycles. The van der Waals surface area contributed by atoms with Crippen LogP contribution >= 0.6 is 11.6 Å². The number of amides is 2. The minimum Gasteiger partial charge on any atom is -0.459 e. The number of hydrogen-bond donors (Lipinski definition) is 1. The van der Waals surface area contributed by atoms with Crippen molar-refractivity contribution in [2.75, 3.05) is 33.7 Å². The maximum atomic E-state index is 12.5. The van der Waals surface area contributed by atoms with Gasteiger partial charge in [0.25, 0.3) is 0 Å². The summed E-state index contributed by atoms with van der Waals surface area (Å²) in [6.07, 6.45) is 1.06. The van der Waals surface area contributed by atoms with Crippen molar-refractivity contribution in [3.63, 3.8) is 0 Å². The van der Waals surface area contributed by atoms with Crippen LogP contribution in [0.1, 0.15) is 25.1 Å². The van der Waals surface area contributed by atoms with Crippen LogP contribution in [0.3, 0.4) is 0 Å². The smallest absolute Gasteiger partial charge is 0.317 e. The number of carbonyl (C=O) groups excluding carboxylic acids is 1. The quantitative estimate of drug-likeness (QED) is 0.914. The Kier molecular flexibility index (Phi) is 5.01. The second-order valence-corrected chi connectivity index (χ2v) is 7.30. The molecule has 2 amide bonds. The van der Waals surface area contributed by atoms with E-state index in [0.717, 1.165) is 42.8 Å². The third-order valence-electron chi connectivity index (χ3n) is 4.46. The van der Waals surface area contributed by atoms with E-state index in [4.69, 9.17) is 16.0 Å².